The van der Waals surface area contributed by atoms with Crippen molar-refractivity contribution in [3.63, 3.8) is 0 Å². The molecule has 20 heavy (non-hydrogen) atoms. The van der Waals surface area contributed by atoms with Crippen LogP contribution in [0.3, 0.4) is 0 Å². The van der Waals surface area contributed by atoms with Crippen molar-refractivity contribution in [2.75, 3.05) is 19.6 Å². The van der Waals surface area contributed by atoms with E-state index >= 15 is 0 Å². The second kappa shape index (κ2) is 7.44. The van der Waals surface area contributed by atoms with Crippen LogP contribution >= 0.6 is 0 Å². The average Bonchev–Trinajstić information content (AvgIpc) is 2.88. The van der Waals surface area contributed by atoms with Gasteiger partial charge < -0.3 is 10.6 Å². The molecule has 0 spiro atoms. The van der Waals surface area contributed by atoms with Gasteiger partial charge >= 0.3 is 0 Å². The fraction of sp³-hybridized carbons (Fsp3) is 0.588. The van der Waals surface area contributed by atoms with Gasteiger partial charge in [0.25, 0.3) is 0 Å². The van der Waals surface area contributed by atoms with Crippen molar-refractivity contribution in [3.8, 4) is 0 Å². The molecule has 2 N–H and O–H groups in total. The van der Waals surface area contributed by atoms with Gasteiger partial charge in [-0.05, 0) is 57.7 Å². The normalized spacial score (nSPS) is 18.2. The predicted octanol–water partition coefficient (Wildman–Crippen LogP) is 2.35. The summed E-state index contributed by atoms with van der Waals surface area (Å²) >= 11 is 0. The van der Waals surface area contributed by atoms with E-state index in [9.17, 15) is 4.79 Å². The molecule has 1 amide bonds. The van der Waals surface area contributed by atoms with Gasteiger partial charge in [-0.3, -0.25) is 4.79 Å². The first kappa shape index (κ1) is 15.0. The van der Waals surface area contributed by atoms with Gasteiger partial charge in [-0.25, -0.2) is 0 Å². The number of benzene rings is 1. The first-order valence-corrected chi connectivity index (χ1v) is 7.68. The zero-order chi connectivity index (χ0) is 14.4. The average molecular weight is 274 g/mol. The van der Waals surface area contributed by atoms with Gasteiger partial charge in [0, 0.05) is 13.0 Å². The highest BCUT2D eigenvalue weighted by Gasteiger charge is 2.15. The molecule has 0 bridgehead atoms. The van der Waals surface area contributed by atoms with E-state index < -0.39 is 0 Å². The van der Waals surface area contributed by atoms with Crippen molar-refractivity contribution in [1.29, 1.82) is 0 Å². The Hall–Kier alpha value is -1.35. The van der Waals surface area contributed by atoms with E-state index in [1.54, 1.807) is 0 Å². The third-order valence-electron chi connectivity index (χ3n) is 3.96. The van der Waals surface area contributed by atoms with Gasteiger partial charge in [-0.2, -0.15) is 0 Å². The van der Waals surface area contributed by atoms with Gasteiger partial charge in [0.2, 0.25) is 5.91 Å². The van der Waals surface area contributed by atoms with Gasteiger partial charge in [-0.1, -0.05) is 29.3 Å². The molecular formula is C17H26N2O. The van der Waals surface area contributed by atoms with Crippen LogP contribution < -0.4 is 10.6 Å². The molecule has 0 radical (unpaired) electrons. The third-order valence-corrected chi connectivity index (χ3v) is 3.96. The lowest BCUT2D eigenvalue weighted by molar-refractivity contribution is -0.121. The van der Waals surface area contributed by atoms with Crippen LogP contribution in [0.1, 0.15) is 36.0 Å². The van der Waals surface area contributed by atoms with Crippen molar-refractivity contribution in [2.45, 2.75) is 39.5 Å². The number of carbonyl (C=O) groups is 1. The van der Waals surface area contributed by atoms with E-state index in [0.29, 0.717) is 12.3 Å². The molecule has 0 saturated carbocycles. The highest BCUT2D eigenvalue weighted by Crippen LogP contribution is 2.14. The molecule has 3 heteroatoms. The summed E-state index contributed by atoms with van der Waals surface area (Å²) in [5.74, 6) is 0.890. The van der Waals surface area contributed by atoms with E-state index in [4.69, 9.17) is 0 Å². The topological polar surface area (TPSA) is 41.1 Å². The van der Waals surface area contributed by atoms with Crippen LogP contribution in [0.25, 0.3) is 0 Å². The summed E-state index contributed by atoms with van der Waals surface area (Å²) < 4.78 is 0. The smallest absolute Gasteiger partial charge is 0.220 e. The Morgan fingerprint density at radius 2 is 2.05 bits per heavy atom. The van der Waals surface area contributed by atoms with Crippen molar-refractivity contribution < 1.29 is 4.79 Å². The monoisotopic (exact) mass is 274 g/mol. The fourth-order valence-electron chi connectivity index (χ4n) is 2.94. The molecule has 1 unspecified atom stereocenters. The molecule has 0 aromatic heterocycles. The molecule has 0 aliphatic carbocycles. The SMILES string of the molecule is Cc1cc(C)cc(CCNC(=O)CCC2CCNC2)c1. The molecule has 1 aliphatic rings. The predicted molar refractivity (Wildman–Crippen MR) is 82.8 cm³/mol. The highest BCUT2D eigenvalue weighted by atomic mass is 16.1. The largest absolute Gasteiger partial charge is 0.356 e. The van der Waals surface area contributed by atoms with Crippen molar-refractivity contribution >= 4 is 5.91 Å². The van der Waals surface area contributed by atoms with Gasteiger partial charge in [0.1, 0.15) is 0 Å². The molecular weight excluding hydrogens is 248 g/mol. The Labute approximate surface area is 122 Å². The number of hydrogen-bond donors (Lipinski definition) is 2. The van der Waals surface area contributed by atoms with Crippen LogP contribution in [0.15, 0.2) is 18.2 Å². The van der Waals surface area contributed by atoms with Crippen LogP contribution in [-0.4, -0.2) is 25.5 Å². The minimum absolute atomic E-state index is 0.196. The van der Waals surface area contributed by atoms with E-state index in [2.05, 4.69) is 42.7 Å². The Balaban J connectivity index is 1.65. The number of aryl methyl sites for hydroxylation is 2. The van der Waals surface area contributed by atoms with Crippen molar-refractivity contribution in [1.82, 2.24) is 10.6 Å². The van der Waals surface area contributed by atoms with E-state index in [0.717, 1.165) is 32.5 Å². The molecule has 110 valence electrons. The van der Waals surface area contributed by atoms with Crippen LogP contribution in [-0.2, 0) is 11.2 Å². The van der Waals surface area contributed by atoms with E-state index in [1.807, 2.05) is 0 Å². The maximum absolute atomic E-state index is 11.8. The molecule has 1 atom stereocenters. The number of nitrogens with one attached hydrogen (secondary N) is 2. The van der Waals surface area contributed by atoms with Crippen molar-refractivity contribution in [2.24, 2.45) is 5.92 Å². The van der Waals surface area contributed by atoms with E-state index in [-0.39, 0.29) is 5.91 Å². The van der Waals surface area contributed by atoms with E-state index in [1.165, 1.54) is 23.1 Å². The lowest BCUT2D eigenvalue weighted by Gasteiger charge is -2.09. The zero-order valence-electron chi connectivity index (χ0n) is 12.7. The van der Waals surface area contributed by atoms with Gasteiger partial charge in [-0.15, -0.1) is 0 Å². The number of carbonyl (C=O) groups excluding carboxylic acids is 1. The number of hydrogen-bond acceptors (Lipinski definition) is 2. The lowest BCUT2D eigenvalue weighted by atomic mass is 10.0. The Morgan fingerprint density at radius 3 is 2.70 bits per heavy atom. The second-order valence-electron chi connectivity index (χ2n) is 5.99. The minimum Gasteiger partial charge on any atom is -0.356 e. The van der Waals surface area contributed by atoms with Crippen LogP contribution in [0, 0.1) is 19.8 Å². The molecule has 3 nitrogen and oxygen atoms in total. The summed E-state index contributed by atoms with van der Waals surface area (Å²) in [6.07, 6.45) is 3.82. The maximum atomic E-state index is 11.8. The summed E-state index contributed by atoms with van der Waals surface area (Å²) in [6.45, 7) is 7.16. The highest BCUT2D eigenvalue weighted by molar-refractivity contribution is 5.75. The molecule has 1 aromatic carbocycles. The maximum Gasteiger partial charge on any atom is 0.220 e. The second-order valence-corrected chi connectivity index (χ2v) is 5.99. The zero-order valence-corrected chi connectivity index (χ0v) is 12.7. The first-order chi connectivity index (χ1) is 9.63. The standard InChI is InChI=1S/C17H26N2O/c1-13-9-14(2)11-16(10-13)6-8-19-17(20)4-3-15-5-7-18-12-15/h9-11,15,18H,3-8,12H2,1-2H3,(H,19,20). The molecule has 1 saturated heterocycles. The summed E-state index contributed by atoms with van der Waals surface area (Å²) in [4.78, 5) is 11.8. The lowest BCUT2D eigenvalue weighted by Crippen LogP contribution is -2.26. The molecule has 1 aromatic rings. The summed E-state index contributed by atoms with van der Waals surface area (Å²) in [5.41, 5.74) is 3.89. The van der Waals surface area contributed by atoms with Crippen LogP contribution in [0.5, 0.6) is 0 Å². The third kappa shape index (κ3) is 4.97. The number of amides is 1. The van der Waals surface area contributed by atoms with Crippen molar-refractivity contribution in [3.05, 3.63) is 34.9 Å². The van der Waals surface area contributed by atoms with Gasteiger partial charge in [0.05, 0.1) is 0 Å². The number of rotatable bonds is 6. The summed E-state index contributed by atoms with van der Waals surface area (Å²) in [5, 5.41) is 6.37. The van der Waals surface area contributed by atoms with Crippen LogP contribution in [0.2, 0.25) is 0 Å². The quantitative estimate of drug-likeness (QED) is 0.836. The molecule has 1 heterocycles. The fourth-order valence-corrected chi connectivity index (χ4v) is 2.94. The Morgan fingerprint density at radius 1 is 1.30 bits per heavy atom. The molecule has 2 rings (SSSR count). The minimum atomic E-state index is 0.196. The summed E-state index contributed by atoms with van der Waals surface area (Å²) in [7, 11) is 0. The molecule has 1 fully saturated rings. The van der Waals surface area contributed by atoms with Gasteiger partial charge in [0.15, 0.2) is 0 Å². The Kier molecular flexibility index (Phi) is 5.60. The molecule has 1 aliphatic heterocycles. The Bertz CT molecular complexity index is 430. The summed E-state index contributed by atoms with van der Waals surface area (Å²) in [6, 6.07) is 6.57. The van der Waals surface area contributed by atoms with Crippen LogP contribution in [0.4, 0.5) is 0 Å². The first-order valence-electron chi connectivity index (χ1n) is 7.68.